The number of rotatable bonds is 4. The fraction of sp³-hybridized carbons (Fsp3) is 0.455. The zero-order valence-corrected chi connectivity index (χ0v) is 8.60. The highest BCUT2D eigenvalue weighted by molar-refractivity contribution is 4.97. The van der Waals surface area contributed by atoms with Crippen LogP contribution in [0.1, 0.15) is 18.5 Å². The van der Waals surface area contributed by atoms with Crippen LogP contribution in [0.2, 0.25) is 0 Å². The Hall–Kier alpha value is -1.42. The molecule has 0 fully saturated rings. The number of ether oxygens (including phenoxy) is 1. The molecule has 1 N–H and O–H groups in total. The van der Waals surface area contributed by atoms with E-state index >= 15 is 0 Å². The summed E-state index contributed by atoms with van der Waals surface area (Å²) in [5.74, 6) is 0. The lowest BCUT2D eigenvalue weighted by Crippen LogP contribution is -2.29. The summed E-state index contributed by atoms with van der Waals surface area (Å²) in [6.45, 7) is 1.64. The van der Waals surface area contributed by atoms with Gasteiger partial charge in [-0.15, -0.1) is 0 Å². The predicted molar refractivity (Wildman–Crippen MR) is 57.0 cm³/mol. The third kappa shape index (κ3) is 3.32. The van der Waals surface area contributed by atoms with Crippen molar-refractivity contribution in [1.29, 1.82) is 0 Å². The van der Waals surface area contributed by atoms with E-state index in [0.717, 1.165) is 31.6 Å². The average Bonchev–Trinajstić information content (AvgIpc) is 2.32. The third-order valence-electron chi connectivity index (χ3n) is 2.34. The molecule has 80 valence electrons. The SMILES string of the molecule is C1=COC(CNCc2ccncn2)CC1. The van der Waals surface area contributed by atoms with Crippen molar-refractivity contribution >= 4 is 0 Å². The van der Waals surface area contributed by atoms with Crippen molar-refractivity contribution in [3.05, 3.63) is 36.6 Å². The van der Waals surface area contributed by atoms with Crippen LogP contribution in [0.3, 0.4) is 0 Å². The average molecular weight is 205 g/mol. The topological polar surface area (TPSA) is 47.0 Å². The first-order valence-corrected chi connectivity index (χ1v) is 5.21. The lowest BCUT2D eigenvalue weighted by molar-refractivity contribution is 0.122. The van der Waals surface area contributed by atoms with E-state index in [1.807, 2.05) is 6.07 Å². The van der Waals surface area contributed by atoms with Gasteiger partial charge in [-0.25, -0.2) is 9.97 Å². The number of nitrogens with zero attached hydrogens (tertiary/aromatic N) is 2. The minimum Gasteiger partial charge on any atom is -0.497 e. The standard InChI is InChI=1S/C11H15N3O/c1-2-6-15-11(3-1)8-13-7-10-4-5-12-9-14-10/h2,4-6,9,11,13H,1,3,7-8H2. The van der Waals surface area contributed by atoms with Crippen LogP contribution in [-0.2, 0) is 11.3 Å². The van der Waals surface area contributed by atoms with Crippen LogP contribution in [0.25, 0.3) is 0 Å². The van der Waals surface area contributed by atoms with Gasteiger partial charge in [0.25, 0.3) is 0 Å². The zero-order chi connectivity index (χ0) is 10.3. The maximum atomic E-state index is 5.44. The maximum absolute atomic E-state index is 5.44. The number of allylic oxidation sites excluding steroid dienone is 1. The molecule has 1 unspecified atom stereocenters. The van der Waals surface area contributed by atoms with Crippen LogP contribution in [0.15, 0.2) is 30.9 Å². The summed E-state index contributed by atoms with van der Waals surface area (Å²) in [6, 6.07) is 1.91. The van der Waals surface area contributed by atoms with Crippen LogP contribution in [0.4, 0.5) is 0 Å². The van der Waals surface area contributed by atoms with Crippen LogP contribution >= 0.6 is 0 Å². The normalized spacial score (nSPS) is 19.9. The molecule has 0 spiro atoms. The molecule has 2 rings (SSSR count). The van der Waals surface area contributed by atoms with Gasteiger partial charge in [0, 0.05) is 19.3 Å². The first-order valence-electron chi connectivity index (χ1n) is 5.21. The number of aromatic nitrogens is 2. The van der Waals surface area contributed by atoms with Gasteiger partial charge >= 0.3 is 0 Å². The van der Waals surface area contributed by atoms with E-state index in [0.29, 0.717) is 6.10 Å². The Morgan fingerprint density at radius 3 is 3.27 bits per heavy atom. The Bertz CT molecular complexity index is 313. The second kappa shape index (κ2) is 5.46. The van der Waals surface area contributed by atoms with Gasteiger partial charge in [0.05, 0.1) is 12.0 Å². The molecule has 0 amide bonds. The molecule has 0 saturated carbocycles. The molecule has 0 bridgehead atoms. The van der Waals surface area contributed by atoms with Gasteiger partial charge in [0.1, 0.15) is 12.4 Å². The van der Waals surface area contributed by atoms with Crippen LogP contribution in [0, 0.1) is 0 Å². The van der Waals surface area contributed by atoms with E-state index in [-0.39, 0.29) is 0 Å². The predicted octanol–water partition coefficient (Wildman–Crippen LogP) is 1.26. The van der Waals surface area contributed by atoms with Crippen molar-refractivity contribution in [1.82, 2.24) is 15.3 Å². The lowest BCUT2D eigenvalue weighted by atomic mass is 10.1. The van der Waals surface area contributed by atoms with E-state index in [9.17, 15) is 0 Å². The first-order chi connectivity index (χ1) is 7.45. The Labute approximate surface area is 89.4 Å². The minimum absolute atomic E-state index is 0.303. The molecule has 1 atom stereocenters. The van der Waals surface area contributed by atoms with Gasteiger partial charge in [0.15, 0.2) is 0 Å². The first kappa shape index (κ1) is 10.1. The van der Waals surface area contributed by atoms with E-state index in [1.165, 1.54) is 0 Å². The Morgan fingerprint density at radius 1 is 1.53 bits per heavy atom. The summed E-state index contributed by atoms with van der Waals surface area (Å²) >= 11 is 0. The molecule has 0 aliphatic carbocycles. The van der Waals surface area contributed by atoms with Crippen LogP contribution < -0.4 is 5.32 Å². The summed E-state index contributed by atoms with van der Waals surface area (Å²) in [6.07, 6.45) is 9.67. The number of nitrogens with one attached hydrogen (secondary N) is 1. The fourth-order valence-corrected chi connectivity index (χ4v) is 1.52. The molecule has 1 aliphatic rings. The summed E-state index contributed by atoms with van der Waals surface area (Å²) in [5.41, 5.74) is 1.01. The molecule has 15 heavy (non-hydrogen) atoms. The minimum atomic E-state index is 0.303. The molecule has 0 aromatic carbocycles. The molecule has 1 aromatic rings. The summed E-state index contributed by atoms with van der Waals surface area (Å²) in [4.78, 5) is 8.00. The van der Waals surface area contributed by atoms with Crippen LogP contribution in [0.5, 0.6) is 0 Å². The van der Waals surface area contributed by atoms with Gasteiger partial charge in [-0.1, -0.05) is 0 Å². The highest BCUT2D eigenvalue weighted by Crippen LogP contribution is 2.08. The Balaban J connectivity index is 1.68. The van der Waals surface area contributed by atoms with E-state index in [1.54, 1.807) is 18.8 Å². The van der Waals surface area contributed by atoms with Gasteiger partial charge in [-0.3, -0.25) is 0 Å². The van der Waals surface area contributed by atoms with E-state index in [2.05, 4.69) is 21.4 Å². The molecule has 1 aliphatic heterocycles. The highest BCUT2D eigenvalue weighted by Gasteiger charge is 2.09. The molecule has 4 nitrogen and oxygen atoms in total. The van der Waals surface area contributed by atoms with Crippen molar-refractivity contribution in [2.24, 2.45) is 0 Å². The molecular weight excluding hydrogens is 190 g/mol. The van der Waals surface area contributed by atoms with Gasteiger partial charge in [0.2, 0.25) is 0 Å². The maximum Gasteiger partial charge on any atom is 0.115 e. The lowest BCUT2D eigenvalue weighted by Gasteiger charge is -2.19. The van der Waals surface area contributed by atoms with Crippen molar-refractivity contribution in [3.63, 3.8) is 0 Å². The van der Waals surface area contributed by atoms with Crippen molar-refractivity contribution in [3.8, 4) is 0 Å². The Kier molecular flexibility index (Phi) is 3.68. The summed E-state index contributed by atoms with van der Waals surface area (Å²) < 4.78 is 5.44. The smallest absolute Gasteiger partial charge is 0.115 e. The van der Waals surface area contributed by atoms with Gasteiger partial charge in [-0.05, 0) is 25.0 Å². The summed E-state index contributed by atoms with van der Waals surface area (Å²) in [7, 11) is 0. The molecule has 4 heteroatoms. The van der Waals surface area contributed by atoms with Crippen LogP contribution in [-0.4, -0.2) is 22.6 Å². The van der Waals surface area contributed by atoms with Gasteiger partial charge in [-0.2, -0.15) is 0 Å². The summed E-state index contributed by atoms with van der Waals surface area (Å²) in [5, 5.41) is 3.32. The van der Waals surface area contributed by atoms with Crippen molar-refractivity contribution in [2.45, 2.75) is 25.5 Å². The zero-order valence-electron chi connectivity index (χ0n) is 8.60. The van der Waals surface area contributed by atoms with Gasteiger partial charge < -0.3 is 10.1 Å². The Morgan fingerprint density at radius 2 is 2.53 bits per heavy atom. The monoisotopic (exact) mass is 205 g/mol. The van der Waals surface area contributed by atoms with Crippen molar-refractivity contribution < 1.29 is 4.74 Å². The second-order valence-electron chi connectivity index (χ2n) is 3.54. The fourth-order valence-electron chi connectivity index (χ4n) is 1.52. The highest BCUT2D eigenvalue weighted by atomic mass is 16.5. The largest absolute Gasteiger partial charge is 0.497 e. The molecule has 0 radical (unpaired) electrons. The molecule has 2 heterocycles. The molecule has 1 aromatic heterocycles. The van der Waals surface area contributed by atoms with E-state index < -0.39 is 0 Å². The molecule has 0 saturated heterocycles. The quantitative estimate of drug-likeness (QED) is 0.803. The van der Waals surface area contributed by atoms with E-state index in [4.69, 9.17) is 4.74 Å². The number of hydrogen-bond acceptors (Lipinski definition) is 4. The van der Waals surface area contributed by atoms with Crippen molar-refractivity contribution in [2.75, 3.05) is 6.54 Å². The molecular formula is C11H15N3O. The number of hydrogen-bond donors (Lipinski definition) is 1. The second-order valence-corrected chi connectivity index (χ2v) is 3.54. The third-order valence-corrected chi connectivity index (χ3v) is 2.34.